The molecule has 4 heteroatoms. The van der Waals surface area contributed by atoms with Gasteiger partial charge in [-0.25, -0.2) is 0 Å². The summed E-state index contributed by atoms with van der Waals surface area (Å²) < 4.78 is 5.77. The first kappa shape index (κ1) is 16.0. The van der Waals surface area contributed by atoms with Gasteiger partial charge in [-0.3, -0.25) is 4.90 Å². The SMILES string of the molecule is C=CCN(CCO)Cc1cc(CNCCC)c(C)o1. The predicted molar refractivity (Wildman–Crippen MR) is 78.0 cm³/mol. The highest BCUT2D eigenvalue weighted by atomic mass is 16.3. The van der Waals surface area contributed by atoms with E-state index in [1.165, 1.54) is 5.56 Å². The average Bonchev–Trinajstić information content (AvgIpc) is 2.71. The van der Waals surface area contributed by atoms with Gasteiger partial charge in [0.05, 0.1) is 13.2 Å². The van der Waals surface area contributed by atoms with Gasteiger partial charge in [-0.05, 0) is 26.0 Å². The zero-order valence-corrected chi connectivity index (χ0v) is 12.1. The van der Waals surface area contributed by atoms with Gasteiger partial charge in [-0.15, -0.1) is 6.58 Å². The van der Waals surface area contributed by atoms with Gasteiger partial charge in [0.2, 0.25) is 0 Å². The topological polar surface area (TPSA) is 48.6 Å². The van der Waals surface area contributed by atoms with Crippen LogP contribution in [-0.2, 0) is 13.1 Å². The molecule has 0 aliphatic rings. The van der Waals surface area contributed by atoms with Gasteiger partial charge in [-0.2, -0.15) is 0 Å². The fraction of sp³-hybridized carbons (Fsp3) is 0.600. The summed E-state index contributed by atoms with van der Waals surface area (Å²) in [6.07, 6.45) is 2.97. The van der Waals surface area contributed by atoms with Crippen molar-refractivity contribution >= 4 is 0 Å². The van der Waals surface area contributed by atoms with E-state index in [4.69, 9.17) is 9.52 Å². The van der Waals surface area contributed by atoms with Gasteiger partial charge in [0.25, 0.3) is 0 Å². The molecule has 2 N–H and O–H groups in total. The van der Waals surface area contributed by atoms with Crippen LogP contribution in [0.1, 0.15) is 30.4 Å². The van der Waals surface area contributed by atoms with E-state index in [0.717, 1.165) is 37.6 Å². The molecule has 108 valence electrons. The number of nitrogens with zero attached hydrogens (tertiary/aromatic N) is 1. The third kappa shape index (κ3) is 5.59. The molecule has 0 unspecified atom stereocenters. The molecule has 0 radical (unpaired) electrons. The molecule has 0 atom stereocenters. The number of hydrogen-bond donors (Lipinski definition) is 2. The quantitative estimate of drug-likeness (QED) is 0.503. The summed E-state index contributed by atoms with van der Waals surface area (Å²) in [6, 6.07) is 2.10. The third-order valence-corrected chi connectivity index (χ3v) is 3.00. The molecule has 1 aromatic heterocycles. The number of aliphatic hydroxyl groups excluding tert-OH is 1. The maximum atomic E-state index is 9.03. The molecule has 1 rings (SSSR count). The van der Waals surface area contributed by atoms with E-state index in [1.54, 1.807) is 0 Å². The van der Waals surface area contributed by atoms with Crippen molar-refractivity contribution in [3.8, 4) is 0 Å². The van der Waals surface area contributed by atoms with Crippen LogP contribution < -0.4 is 5.32 Å². The molecule has 0 fully saturated rings. The molecule has 0 saturated carbocycles. The molecule has 0 saturated heterocycles. The van der Waals surface area contributed by atoms with Gasteiger partial charge in [-0.1, -0.05) is 13.0 Å². The summed E-state index contributed by atoms with van der Waals surface area (Å²) in [5.41, 5.74) is 1.21. The largest absolute Gasteiger partial charge is 0.465 e. The second kappa shape index (κ2) is 8.91. The number of aryl methyl sites for hydroxylation is 1. The summed E-state index contributed by atoms with van der Waals surface area (Å²) in [6.45, 7) is 12.0. The Morgan fingerprint density at radius 1 is 1.53 bits per heavy atom. The lowest BCUT2D eigenvalue weighted by Gasteiger charge is -2.17. The van der Waals surface area contributed by atoms with Crippen molar-refractivity contribution in [2.75, 3.05) is 26.2 Å². The van der Waals surface area contributed by atoms with Gasteiger partial charge < -0.3 is 14.8 Å². The fourth-order valence-corrected chi connectivity index (χ4v) is 2.02. The lowest BCUT2D eigenvalue weighted by Crippen LogP contribution is -2.26. The molecule has 0 aromatic carbocycles. The van der Waals surface area contributed by atoms with E-state index in [9.17, 15) is 0 Å². The molecule has 0 amide bonds. The first-order valence-electron chi connectivity index (χ1n) is 6.94. The highest BCUT2D eigenvalue weighted by molar-refractivity contribution is 5.20. The van der Waals surface area contributed by atoms with Crippen molar-refractivity contribution < 1.29 is 9.52 Å². The Balaban J connectivity index is 2.57. The van der Waals surface area contributed by atoms with E-state index in [1.807, 2.05) is 13.0 Å². The van der Waals surface area contributed by atoms with Crippen LogP contribution in [0, 0.1) is 6.92 Å². The Labute approximate surface area is 116 Å². The van der Waals surface area contributed by atoms with Crippen molar-refractivity contribution in [2.45, 2.75) is 33.4 Å². The minimum absolute atomic E-state index is 0.151. The van der Waals surface area contributed by atoms with Crippen LogP contribution in [0.5, 0.6) is 0 Å². The molecule has 4 nitrogen and oxygen atoms in total. The first-order chi connectivity index (χ1) is 9.21. The van der Waals surface area contributed by atoms with Crippen molar-refractivity contribution in [1.82, 2.24) is 10.2 Å². The lowest BCUT2D eigenvalue weighted by atomic mass is 10.2. The lowest BCUT2D eigenvalue weighted by molar-refractivity contribution is 0.193. The number of aliphatic hydroxyl groups is 1. The number of hydrogen-bond acceptors (Lipinski definition) is 4. The molecule has 1 aromatic rings. The van der Waals surface area contributed by atoms with E-state index < -0.39 is 0 Å². The zero-order chi connectivity index (χ0) is 14.1. The van der Waals surface area contributed by atoms with E-state index in [0.29, 0.717) is 13.1 Å². The zero-order valence-electron chi connectivity index (χ0n) is 12.1. The standard InChI is InChI=1S/C15H26N2O2/c1-4-6-16-11-14-10-15(19-13(14)3)12-17(7-5-2)8-9-18/h5,10,16,18H,2,4,6-9,11-12H2,1,3H3. The smallest absolute Gasteiger partial charge is 0.118 e. The Morgan fingerprint density at radius 3 is 2.95 bits per heavy atom. The second-order valence-electron chi connectivity index (χ2n) is 4.72. The summed E-state index contributed by atoms with van der Waals surface area (Å²) in [4.78, 5) is 2.11. The van der Waals surface area contributed by atoms with E-state index in [2.05, 4.69) is 29.8 Å². The fourth-order valence-electron chi connectivity index (χ4n) is 2.02. The minimum Gasteiger partial charge on any atom is -0.465 e. The molecule has 0 aliphatic heterocycles. The molecule has 0 spiro atoms. The predicted octanol–water partition coefficient (Wildman–Crippen LogP) is 2.07. The van der Waals surface area contributed by atoms with Crippen LogP contribution in [-0.4, -0.2) is 36.2 Å². The molecular formula is C15H26N2O2. The molecule has 0 aliphatic carbocycles. The van der Waals surface area contributed by atoms with Gasteiger partial charge in [0, 0.05) is 25.2 Å². The number of rotatable bonds is 10. The Morgan fingerprint density at radius 2 is 2.32 bits per heavy atom. The Kier molecular flexibility index (Phi) is 7.48. The van der Waals surface area contributed by atoms with Crippen LogP contribution in [0.25, 0.3) is 0 Å². The maximum absolute atomic E-state index is 9.03. The summed E-state index contributed by atoms with van der Waals surface area (Å²) in [5.74, 6) is 1.92. The van der Waals surface area contributed by atoms with Gasteiger partial charge in [0.15, 0.2) is 0 Å². The van der Waals surface area contributed by atoms with Crippen molar-refractivity contribution in [1.29, 1.82) is 0 Å². The number of furan rings is 1. The summed E-state index contributed by atoms with van der Waals surface area (Å²) in [5, 5.41) is 12.4. The van der Waals surface area contributed by atoms with Crippen LogP contribution >= 0.6 is 0 Å². The van der Waals surface area contributed by atoms with E-state index >= 15 is 0 Å². The van der Waals surface area contributed by atoms with E-state index in [-0.39, 0.29) is 6.61 Å². The second-order valence-corrected chi connectivity index (χ2v) is 4.72. The summed E-state index contributed by atoms with van der Waals surface area (Å²) in [7, 11) is 0. The summed E-state index contributed by atoms with van der Waals surface area (Å²) >= 11 is 0. The number of nitrogens with one attached hydrogen (secondary N) is 1. The maximum Gasteiger partial charge on any atom is 0.118 e. The molecule has 19 heavy (non-hydrogen) atoms. The van der Waals surface area contributed by atoms with Crippen molar-refractivity contribution in [3.05, 3.63) is 35.8 Å². The van der Waals surface area contributed by atoms with Crippen molar-refractivity contribution in [3.63, 3.8) is 0 Å². The Bertz CT molecular complexity index is 374. The van der Waals surface area contributed by atoms with Crippen LogP contribution in [0.4, 0.5) is 0 Å². The normalized spacial score (nSPS) is 11.2. The molecule has 0 bridgehead atoms. The van der Waals surface area contributed by atoms with Crippen LogP contribution in [0.3, 0.4) is 0 Å². The molecular weight excluding hydrogens is 240 g/mol. The monoisotopic (exact) mass is 266 g/mol. The van der Waals surface area contributed by atoms with Crippen LogP contribution in [0.15, 0.2) is 23.1 Å². The van der Waals surface area contributed by atoms with Crippen molar-refractivity contribution in [2.24, 2.45) is 0 Å². The minimum atomic E-state index is 0.151. The van der Waals surface area contributed by atoms with Gasteiger partial charge in [0.1, 0.15) is 11.5 Å². The third-order valence-electron chi connectivity index (χ3n) is 3.00. The molecule has 1 heterocycles. The Hall–Kier alpha value is -1.10. The first-order valence-corrected chi connectivity index (χ1v) is 6.94. The van der Waals surface area contributed by atoms with Crippen LogP contribution in [0.2, 0.25) is 0 Å². The average molecular weight is 266 g/mol. The van der Waals surface area contributed by atoms with Gasteiger partial charge >= 0.3 is 0 Å². The highest BCUT2D eigenvalue weighted by Gasteiger charge is 2.10. The highest BCUT2D eigenvalue weighted by Crippen LogP contribution is 2.16.